The second-order valence-electron chi connectivity index (χ2n) is 9.43. The highest BCUT2D eigenvalue weighted by Gasteiger charge is 2.20. The van der Waals surface area contributed by atoms with Crippen molar-refractivity contribution in [2.75, 3.05) is 6.54 Å². The fraction of sp³-hybridized carbons (Fsp3) is 0.533. The van der Waals surface area contributed by atoms with Gasteiger partial charge in [0.15, 0.2) is 0 Å². The summed E-state index contributed by atoms with van der Waals surface area (Å²) in [6.45, 7) is 2.91. The third kappa shape index (κ3) is 11.4. The molecule has 0 fully saturated rings. The molecule has 0 amide bonds. The van der Waals surface area contributed by atoms with Crippen molar-refractivity contribution in [3.63, 3.8) is 0 Å². The molecular weight excluding hydrogens is 454 g/mol. The van der Waals surface area contributed by atoms with Crippen LogP contribution in [0.5, 0.6) is 0 Å². The molecule has 1 aliphatic rings. The number of hydrogen-bond acceptors (Lipinski definition) is 3. The Morgan fingerprint density at radius 1 is 0.914 bits per heavy atom. The number of nitrogens with one attached hydrogen (secondary N) is 1. The third-order valence-corrected chi connectivity index (χ3v) is 7.49. The van der Waals surface area contributed by atoms with Crippen molar-refractivity contribution < 1.29 is 13.0 Å². The highest BCUT2D eigenvalue weighted by Crippen LogP contribution is 2.30. The van der Waals surface area contributed by atoms with Crippen LogP contribution in [0, 0.1) is 12.3 Å². The molecule has 3 rings (SSSR count). The van der Waals surface area contributed by atoms with Gasteiger partial charge in [0.25, 0.3) is 10.1 Å². The molecule has 0 aliphatic heterocycles. The van der Waals surface area contributed by atoms with E-state index in [0.717, 1.165) is 18.4 Å². The second kappa shape index (κ2) is 16.5. The van der Waals surface area contributed by atoms with Crippen molar-refractivity contribution in [1.82, 2.24) is 5.32 Å². The van der Waals surface area contributed by atoms with Gasteiger partial charge in [-0.3, -0.25) is 9.87 Å². The molecule has 2 N–H and O–H groups in total. The van der Waals surface area contributed by atoms with Gasteiger partial charge in [-0.1, -0.05) is 107 Å². The lowest BCUT2D eigenvalue weighted by Gasteiger charge is -2.10. The van der Waals surface area contributed by atoms with Crippen molar-refractivity contribution in [1.29, 1.82) is 0 Å². The molecular formula is C30H43NO3S. The Kier molecular flexibility index (Phi) is 13.7. The molecule has 1 atom stereocenters. The first kappa shape index (κ1) is 29.1. The Morgan fingerprint density at radius 3 is 2.11 bits per heavy atom. The Labute approximate surface area is 213 Å². The second-order valence-corrected chi connectivity index (χ2v) is 10.8. The fourth-order valence-corrected chi connectivity index (χ4v) is 5.08. The maximum atomic E-state index is 10.9. The minimum atomic E-state index is -4.06. The molecule has 2 aromatic carbocycles. The number of fused-ring (bicyclic) bond motifs is 1. The van der Waals surface area contributed by atoms with E-state index in [4.69, 9.17) is 11.0 Å². The van der Waals surface area contributed by atoms with Crippen molar-refractivity contribution >= 4 is 10.1 Å². The number of aryl methyl sites for hydroxylation is 2. The minimum absolute atomic E-state index is 0.0284. The molecule has 4 nitrogen and oxygen atoms in total. The average molecular weight is 498 g/mol. The van der Waals surface area contributed by atoms with Crippen LogP contribution in [0.15, 0.2) is 53.4 Å². The standard InChI is InChI=1S/C18H30O3S.C12H13N/c1-2-3-4-5-6-7-8-9-10-11-12-17-13-15-18(16-14-17)22(19,20)21;1-2-9-13-12-8-7-10-5-3-4-6-11(10)12/h13-16H,2-12H2,1H3,(H,19,20,21);1,3-6,12-13H,7-9H2/t;12-/m.1/s1. The van der Waals surface area contributed by atoms with E-state index in [0.29, 0.717) is 12.6 Å². The minimum Gasteiger partial charge on any atom is -0.299 e. The molecule has 1 aliphatic carbocycles. The molecule has 0 unspecified atom stereocenters. The quantitative estimate of drug-likeness (QED) is 0.163. The van der Waals surface area contributed by atoms with Gasteiger partial charge in [-0.05, 0) is 54.5 Å². The first-order chi connectivity index (χ1) is 17.0. The van der Waals surface area contributed by atoms with Crippen LogP contribution >= 0.6 is 0 Å². The van der Waals surface area contributed by atoms with Crippen molar-refractivity contribution in [2.24, 2.45) is 0 Å². The monoisotopic (exact) mass is 497 g/mol. The summed E-state index contributed by atoms with van der Waals surface area (Å²) in [6, 6.07) is 15.6. The first-order valence-electron chi connectivity index (χ1n) is 13.3. The molecule has 2 aromatic rings. The molecule has 0 saturated carbocycles. The van der Waals surface area contributed by atoms with Crippen LogP contribution in [0.4, 0.5) is 0 Å². The third-order valence-electron chi connectivity index (χ3n) is 6.62. The summed E-state index contributed by atoms with van der Waals surface area (Å²) in [4.78, 5) is -0.0284. The van der Waals surface area contributed by atoms with Crippen LogP contribution in [0.1, 0.15) is 100 Å². The normalized spacial score (nSPS) is 14.6. The summed E-state index contributed by atoms with van der Waals surface area (Å²) in [6.07, 6.45) is 21.7. The molecule has 35 heavy (non-hydrogen) atoms. The molecule has 0 heterocycles. The van der Waals surface area contributed by atoms with Crippen LogP contribution in [-0.2, 0) is 23.0 Å². The average Bonchev–Trinajstić information content (AvgIpc) is 3.27. The predicted molar refractivity (Wildman–Crippen MR) is 146 cm³/mol. The van der Waals surface area contributed by atoms with Crippen LogP contribution in [-0.4, -0.2) is 19.5 Å². The maximum absolute atomic E-state index is 10.9. The van der Waals surface area contributed by atoms with Gasteiger partial charge in [0.1, 0.15) is 0 Å². The maximum Gasteiger partial charge on any atom is 0.294 e. The Morgan fingerprint density at radius 2 is 1.51 bits per heavy atom. The van der Waals surface area contributed by atoms with Gasteiger partial charge >= 0.3 is 0 Å². The highest BCUT2D eigenvalue weighted by molar-refractivity contribution is 7.85. The van der Waals surface area contributed by atoms with Gasteiger partial charge in [0.2, 0.25) is 0 Å². The number of hydrogen-bond donors (Lipinski definition) is 2. The van der Waals surface area contributed by atoms with E-state index in [-0.39, 0.29) is 4.90 Å². The van der Waals surface area contributed by atoms with E-state index in [2.05, 4.69) is 42.4 Å². The topological polar surface area (TPSA) is 66.4 Å². The van der Waals surface area contributed by atoms with Gasteiger partial charge in [-0.15, -0.1) is 6.42 Å². The number of rotatable bonds is 14. The van der Waals surface area contributed by atoms with Crippen LogP contribution in [0.2, 0.25) is 0 Å². The highest BCUT2D eigenvalue weighted by atomic mass is 32.2. The number of benzene rings is 2. The van der Waals surface area contributed by atoms with Crippen LogP contribution in [0.3, 0.4) is 0 Å². The Balaban J connectivity index is 0.000000279. The molecule has 0 aromatic heterocycles. The van der Waals surface area contributed by atoms with Gasteiger partial charge in [0, 0.05) is 6.04 Å². The molecule has 192 valence electrons. The van der Waals surface area contributed by atoms with Crippen molar-refractivity contribution in [3.8, 4) is 12.3 Å². The van der Waals surface area contributed by atoms with Gasteiger partial charge < -0.3 is 0 Å². The van der Waals surface area contributed by atoms with Crippen molar-refractivity contribution in [2.45, 2.75) is 101 Å². The summed E-state index contributed by atoms with van der Waals surface area (Å²) in [5.74, 6) is 2.61. The first-order valence-corrected chi connectivity index (χ1v) is 14.7. The van der Waals surface area contributed by atoms with E-state index in [1.165, 1.54) is 93.9 Å². The molecule has 0 bridgehead atoms. The van der Waals surface area contributed by atoms with Gasteiger partial charge in [-0.25, -0.2) is 0 Å². The molecule has 0 saturated heterocycles. The Hall–Kier alpha value is -2.13. The van der Waals surface area contributed by atoms with Gasteiger partial charge in [-0.2, -0.15) is 8.42 Å². The lowest BCUT2D eigenvalue weighted by atomic mass is 10.0. The fourth-order valence-electron chi connectivity index (χ4n) is 4.60. The van der Waals surface area contributed by atoms with E-state index in [9.17, 15) is 8.42 Å². The molecule has 0 radical (unpaired) electrons. The smallest absolute Gasteiger partial charge is 0.294 e. The zero-order chi connectivity index (χ0) is 25.4. The summed E-state index contributed by atoms with van der Waals surface area (Å²) in [5, 5.41) is 3.35. The number of unbranched alkanes of at least 4 members (excludes halogenated alkanes) is 9. The summed E-state index contributed by atoms with van der Waals surface area (Å²) >= 11 is 0. The van der Waals surface area contributed by atoms with E-state index >= 15 is 0 Å². The summed E-state index contributed by atoms with van der Waals surface area (Å²) in [7, 11) is -4.06. The zero-order valence-electron chi connectivity index (χ0n) is 21.3. The van der Waals surface area contributed by atoms with Crippen molar-refractivity contribution in [3.05, 3.63) is 65.2 Å². The lowest BCUT2D eigenvalue weighted by molar-refractivity contribution is 0.483. The zero-order valence-corrected chi connectivity index (χ0v) is 22.2. The van der Waals surface area contributed by atoms with Crippen LogP contribution in [0.25, 0.3) is 0 Å². The lowest BCUT2D eigenvalue weighted by Crippen LogP contribution is -2.19. The summed E-state index contributed by atoms with van der Waals surface area (Å²) < 4.78 is 30.8. The largest absolute Gasteiger partial charge is 0.299 e. The SMILES string of the molecule is C#CCN[C@@H]1CCc2ccccc21.CCCCCCCCCCCCc1ccc(S(=O)(=O)O)cc1. The number of terminal acetylenes is 1. The van der Waals surface area contributed by atoms with Gasteiger partial charge in [0.05, 0.1) is 11.4 Å². The van der Waals surface area contributed by atoms with E-state index in [1.54, 1.807) is 12.1 Å². The Bertz CT molecular complexity index is 993. The molecule has 5 heteroatoms. The molecule has 0 spiro atoms. The van der Waals surface area contributed by atoms with E-state index in [1.807, 2.05) is 0 Å². The van der Waals surface area contributed by atoms with Crippen LogP contribution < -0.4 is 5.32 Å². The summed E-state index contributed by atoms with van der Waals surface area (Å²) in [5.41, 5.74) is 4.03. The predicted octanol–water partition coefficient (Wildman–Crippen LogP) is 7.29. The van der Waals surface area contributed by atoms with E-state index < -0.39 is 10.1 Å².